The standard InChI is InChI=1S/C18H30N4/c1-4-7-14-12-18(14,6-3)13-16(19)22-17(5-2)21-15-8-10-20-11-9-15/h4,6-7,14-15,20H,3,5,8-13H2,1-2H3,(H2,19,21,22)/b7-4-. The van der Waals surface area contributed by atoms with Crippen molar-refractivity contribution in [1.29, 1.82) is 0 Å². The van der Waals surface area contributed by atoms with E-state index in [0.29, 0.717) is 17.8 Å². The van der Waals surface area contributed by atoms with Crippen LogP contribution in [0, 0.1) is 11.3 Å². The number of hydrogen-bond donors (Lipinski definition) is 2. The molecule has 0 aromatic rings. The van der Waals surface area contributed by atoms with Gasteiger partial charge in [0.2, 0.25) is 0 Å². The van der Waals surface area contributed by atoms with Crippen molar-refractivity contribution in [3.8, 4) is 0 Å². The van der Waals surface area contributed by atoms with Gasteiger partial charge in [0, 0.05) is 18.3 Å². The fourth-order valence-electron chi connectivity index (χ4n) is 3.24. The lowest BCUT2D eigenvalue weighted by Crippen LogP contribution is -2.30. The first-order valence-electron chi connectivity index (χ1n) is 8.50. The van der Waals surface area contributed by atoms with E-state index in [9.17, 15) is 0 Å². The monoisotopic (exact) mass is 302 g/mol. The maximum absolute atomic E-state index is 6.20. The number of nitrogens with two attached hydrogens (primary N) is 1. The van der Waals surface area contributed by atoms with Crippen LogP contribution >= 0.6 is 0 Å². The van der Waals surface area contributed by atoms with Crippen LogP contribution in [0.2, 0.25) is 0 Å². The second kappa shape index (κ2) is 7.73. The molecule has 0 aromatic carbocycles. The van der Waals surface area contributed by atoms with Gasteiger partial charge in [0.15, 0.2) is 0 Å². The van der Waals surface area contributed by atoms with Crippen molar-refractivity contribution in [3.05, 3.63) is 24.8 Å². The molecule has 1 heterocycles. The van der Waals surface area contributed by atoms with Crippen molar-refractivity contribution in [2.45, 2.75) is 52.0 Å². The lowest BCUT2D eigenvalue weighted by Gasteiger charge is -2.19. The van der Waals surface area contributed by atoms with E-state index in [1.54, 1.807) is 0 Å². The average molecular weight is 302 g/mol. The molecule has 1 aliphatic heterocycles. The molecule has 0 bridgehead atoms. The van der Waals surface area contributed by atoms with Crippen LogP contribution in [0.5, 0.6) is 0 Å². The Morgan fingerprint density at radius 2 is 2.14 bits per heavy atom. The topological polar surface area (TPSA) is 62.8 Å². The molecule has 4 nitrogen and oxygen atoms in total. The van der Waals surface area contributed by atoms with Crippen LogP contribution in [0.3, 0.4) is 0 Å². The highest BCUT2D eigenvalue weighted by Crippen LogP contribution is 2.57. The molecule has 4 heteroatoms. The van der Waals surface area contributed by atoms with Gasteiger partial charge < -0.3 is 11.1 Å². The quantitative estimate of drug-likeness (QED) is 0.450. The molecule has 122 valence electrons. The zero-order chi connectivity index (χ0) is 16.0. The number of piperidine rings is 1. The molecule has 0 amide bonds. The first-order chi connectivity index (χ1) is 10.6. The highest BCUT2D eigenvalue weighted by atomic mass is 15.0. The molecule has 1 saturated carbocycles. The smallest absolute Gasteiger partial charge is 0.125 e. The average Bonchev–Trinajstić information content (AvgIpc) is 3.20. The number of aliphatic imine (C=N–C) groups is 2. The van der Waals surface area contributed by atoms with E-state index in [4.69, 9.17) is 10.7 Å². The molecule has 2 fully saturated rings. The molecule has 2 rings (SSSR count). The SMILES string of the molecule is C=CC1(CC(N)=NC(CC)=NC2CCNCC2)CC1/C=C\C. The predicted octanol–water partition coefficient (Wildman–Crippen LogP) is 3.06. The minimum atomic E-state index is 0.119. The van der Waals surface area contributed by atoms with E-state index in [-0.39, 0.29) is 5.41 Å². The van der Waals surface area contributed by atoms with Gasteiger partial charge in [0.05, 0.1) is 6.04 Å². The Bertz CT molecular complexity index is 471. The fourth-order valence-corrected chi connectivity index (χ4v) is 3.24. The van der Waals surface area contributed by atoms with Crippen LogP contribution in [0.25, 0.3) is 0 Å². The van der Waals surface area contributed by atoms with E-state index < -0.39 is 0 Å². The van der Waals surface area contributed by atoms with Gasteiger partial charge in [-0.1, -0.05) is 25.2 Å². The molecule has 1 saturated heterocycles. The molecular weight excluding hydrogens is 272 g/mol. The summed E-state index contributed by atoms with van der Waals surface area (Å²) in [5.41, 5.74) is 6.32. The molecule has 3 N–H and O–H groups in total. The Morgan fingerprint density at radius 1 is 1.41 bits per heavy atom. The third-order valence-corrected chi connectivity index (χ3v) is 4.75. The largest absolute Gasteiger partial charge is 0.387 e. The zero-order valence-corrected chi connectivity index (χ0v) is 14.0. The normalized spacial score (nSPS) is 30.7. The van der Waals surface area contributed by atoms with Gasteiger partial charge in [0.25, 0.3) is 0 Å². The van der Waals surface area contributed by atoms with E-state index in [1.165, 1.54) is 0 Å². The van der Waals surface area contributed by atoms with Crippen LogP contribution in [-0.4, -0.2) is 30.8 Å². The first-order valence-corrected chi connectivity index (χ1v) is 8.50. The molecule has 2 unspecified atom stereocenters. The van der Waals surface area contributed by atoms with Gasteiger partial charge in [-0.05, 0) is 45.2 Å². The van der Waals surface area contributed by atoms with E-state index in [0.717, 1.165) is 51.0 Å². The molecule has 2 aliphatic rings. The van der Waals surface area contributed by atoms with Crippen molar-refractivity contribution in [3.63, 3.8) is 0 Å². The van der Waals surface area contributed by atoms with Crippen LogP contribution < -0.4 is 11.1 Å². The number of amidine groups is 2. The molecule has 1 aliphatic carbocycles. The van der Waals surface area contributed by atoms with Gasteiger partial charge in [-0.15, -0.1) is 6.58 Å². The van der Waals surface area contributed by atoms with Crippen molar-refractivity contribution < 1.29 is 0 Å². The summed E-state index contributed by atoms with van der Waals surface area (Å²) in [6.07, 6.45) is 11.4. The van der Waals surface area contributed by atoms with Crippen molar-refractivity contribution >= 4 is 11.7 Å². The predicted molar refractivity (Wildman–Crippen MR) is 95.4 cm³/mol. The summed E-state index contributed by atoms with van der Waals surface area (Å²) < 4.78 is 0. The molecule has 0 radical (unpaired) electrons. The summed E-state index contributed by atoms with van der Waals surface area (Å²) in [7, 11) is 0. The lowest BCUT2D eigenvalue weighted by atomic mass is 9.98. The minimum Gasteiger partial charge on any atom is -0.387 e. The van der Waals surface area contributed by atoms with Crippen molar-refractivity contribution in [2.75, 3.05) is 13.1 Å². The van der Waals surface area contributed by atoms with Crippen LogP contribution in [-0.2, 0) is 0 Å². The Kier molecular flexibility index (Phi) is 5.95. The van der Waals surface area contributed by atoms with Crippen molar-refractivity contribution in [2.24, 2.45) is 27.1 Å². The summed E-state index contributed by atoms with van der Waals surface area (Å²) >= 11 is 0. The highest BCUT2D eigenvalue weighted by molar-refractivity contribution is 5.96. The molecule has 22 heavy (non-hydrogen) atoms. The van der Waals surface area contributed by atoms with Crippen LogP contribution in [0.4, 0.5) is 0 Å². The van der Waals surface area contributed by atoms with Gasteiger partial charge >= 0.3 is 0 Å². The Balaban J connectivity index is 2.00. The lowest BCUT2D eigenvalue weighted by molar-refractivity contribution is 0.459. The third kappa shape index (κ3) is 4.29. The van der Waals surface area contributed by atoms with Gasteiger partial charge in [-0.3, -0.25) is 4.99 Å². The van der Waals surface area contributed by atoms with E-state index in [1.807, 2.05) is 0 Å². The van der Waals surface area contributed by atoms with Crippen LogP contribution in [0.1, 0.15) is 46.0 Å². The van der Waals surface area contributed by atoms with Gasteiger partial charge in [0.1, 0.15) is 11.7 Å². The number of nitrogens with one attached hydrogen (secondary N) is 1. The summed E-state index contributed by atoms with van der Waals surface area (Å²) in [4.78, 5) is 9.40. The molecule has 0 spiro atoms. The minimum absolute atomic E-state index is 0.119. The number of hydrogen-bond acceptors (Lipinski definition) is 2. The van der Waals surface area contributed by atoms with Gasteiger partial charge in [-0.25, -0.2) is 4.99 Å². The molecule has 0 aromatic heterocycles. The number of rotatable bonds is 6. The van der Waals surface area contributed by atoms with E-state index in [2.05, 4.69) is 49.0 Å². The Morgan fingerprint density at radius 3 is 2.73 bits per heavy atom. The number of nitrogens with zero attached hydrogens (tertiary/aromatic N) is 2. The van der Waals surface area contributed by atoms with Gasteiger partial charge in [-0.2, -0.15) is 0 Å². The molecule has 2 atom stereocenters. The van der Waals surface area contributed by atoms with E-state index >= 15 is 0 Å². The highest BCUT2D eigenvalue weighted by Gasteiger charge is 2.50. The second-order valence-electron chi connectivity index (χ2n) is 6.43. The van der Waals surface area contributed by atoms with Crippen molar-refractivity contribution in [1.82, 2.24) is 5.32 Å². The fraction of sp³-hybridized carbons (Fsp3) is 0.667. The molecular formula is C18H30N4. The maximum atomic E-state index is 6.20. The number of allylic oxidation sites excluding steroid dienone is 3. The zero-order valence-electron chi connectivity index (χ0n) is 14.0. The summed E-state index contributed by atoms with van der Waals surface area (Å²) in [5, 5.41) is 3.36. The summed E-state index contributed by atoms with van der Waals surface area (Å²) in [5.74, 6) is 2.16. The third-order valence-electron chi connectivity index (χ3n) is 4.75. The summed E-state index contributed by atoms with van der Waals surface area (Å²) in [6, 6.07) is 0.401. The first kappa shape index (κ1) is 16.9. The summed E-state index contributed by atoms with van der Waals surface area (Å²) in [6.45, 7) is 10.2. The Hall–Kier alpha value is -1.42. The van der Waals surface area contributed by atoms with Crippen LogP contribution in [0.15, 0.2) is 34.8 Å². The maximum Gasteiger partial charge on any atom is 0.125 e. The Labute approximate surface area is 134 Å². The second-order valence-corrected chi connectivity index (χ2v) is 6.43.